The van der Waals surface area contributed by atoms with Crippen LogP contribution >= 0.6 is 0 Å². The number of hydrogen-bond acceptors (Lipinski definition) is 3. The molecule has 3 rings (SSSR count). The zero-order valence-corrected chi connectivity index (χ0v) is 14.2. The van der Waals surface area contributed by atoms with Crippen LogP contribution in [-0.4, -0.2) is 34.6 Å². The van der Waals surface area contributed by atoms with Crippen molar-refractivity contribution in [1.82, 2.24) is 10.2 Å². The third-order valence-electron chi connectivity index (χ3n) is 4.93. The number of nitrogens with one attached hydrogen (secondary N) is 1. The van der Waals surface area contributed by atoms with Gasteiger partial charge in [-0.15, -0.1) is 0 Å². The van der Waals surface area contributed by atoms with E-state index in [4.69, 9.17) is 0 Å². The summed E-state index contributed by atoms with van der Waals surface area (Å²) in [6.07, 6.45) is 2.20. The maximum Gasteiger partial charge on any atom is 0.289 e. The zero-order chi connectivity index (χ0) is 17.3. The van der Waals surface area contributed by atoms with E-state index in [0.29, 0.717) is 13.0 Å². The number of Topliss-reactive ketones (excluding diaryl/α,β-unsaturated/α-hetero) is 1. The average Bonchev–Trinajstić information content (AvgIpc) is 3.31. The van der Waals surface area contributed by atoms with E-state index in [1.165, 1.54) is 0 Å². The molecule has 1 aromatic carbocycles. The van der Waals surface area contributed by atoms with Crippen molar-refractivity contribution in [1.29, 1.82) is 0 Å². The topological polar surface area (TPSA) is 66.5 Å². The Bertz CT molecular complexity index is 637. The minimum atomic E-state index is -0.656. The lowest BCUT2D eigenvalue weighted by Gasteiger charge is -2.28. The number of carbonyl (C=O) groups is 3. The molecule has 0 unspecified atom stereocenters. The highest BCUT2D eigenvalue weighted by atomic mass is 16.2. The van der Waals surface area contributed by atoms with Gasteiger partial charge in [0.05, 0.1) is 0 Å². The summed E-state index contributed by atoms with van der Waals surface area (Å²) in [5.41, 5.74) is 0.968. The Balaban J connectivity index is 1.82. The average molecular weight is 328 g/mol. The Labute approximate surface area is 142 Å². The van der Waals surface area contributed by atoms with Crippen LogP contribution in [0.1, 0.15) is 38.7 Å². The largest absolute Gasteiger partial charge is 0.347 e. The molecule has 2 fully saturated rings. The van der Waals surface area contributed by atoms with Crippen molar-refractivity contribution in [3.63, 3.8) is 0 Å². The van der Waals surface area contributed by atoms with Crippen LogP contribution in [0.3, 0.4) is 0 Å². The maximum absolute atomic E-state index is 12.8. The van der Waals surface area contributed by atoms with E-state index >= 15 is 0 Å². The molecule has 1 N–H and O–H groups in total. The van der Waals surface area contributed by atoms with Gasteiger partial charge in [-0.05, 0) is 30.2 Å². The summed E-state index contributed by atoms with van der Waals surface area (Å²) in [6.45, 7) is 4.38. The standard InChI is InChI=1S/C19H24N2O3/c1-12(2)15-10-16(22)21(11-13-6-4-3-5-7-13)17(15)18(23)19(24)20-14-8-9-14/h3-7,12,14-15,17H,8-11H2,1-2H3,(H,20,24)/t15-,17+/m0/s1. The Morgan fingerprint density at radius 2 is 1.88 bits per heavy atom. The molecule has 128 valence electrons. The molecule has 24 heavy (non-hydrogen) atoms. The summed E-state index contributed by atoms with van der Waals surface area (Å²) in [7, 11) is 0. The van der Waals surface area contributed by atoms with Gasteiger partial charge in [0.1, 0.15) is 6.04 Å². The lowest BCUT2D eigenvalue weighted by molar-refractivity contribution is -0.143. The highest BCUT2D eigenvalue weighted by Gasteiger charge is 2.47. The molecule has 1 saturated heterocycles. The van der Waals surface area contributed by atoms with Gasteiger partial charge in [-0.1, -0.05) is 44.2 Å². The van der Waals surface area contributed by atoms with Crippen LogP contribution in [0, 0.1) is 11.8 Å². The first-order valence-corrected chi connectivity index (χ1v) is 8.65. The lowest BCUT2D eigenvalue weighted by atomic mass is 9.86. The number of nitrogens with zero attached hydrogens (tertiary/aromatic N) is 1. The summed E-state index contributed by atoms with van der Waals surface area (Å²) >= 11 is 0. The van der Waals surface area contributed by atoms with Gasteiger partial charge < -0.3 is 10.2 Å². The highest BCUT2D eigenvalue weighted by molar-refractivity contribution is 6.38. The number of benzene rings is 1. The van der Waals surface area contributed by atoms with Gasteiger partial charge in [0.15, 0.2) is 0 Å². The van der Waals surface area contributed by atoms with E-state index < -0.39 is 17.7 Å². The minimum absolute atomic E-state index is 0.0462. The fourth-order valence-electron chi connectivity index (χ4n) is 3.34. The molecule has 0 bridgehead atoms. The molecule has 1 saturated carbocycles. The molecule has 1 heterocycles. The molecule has 0 radical (unpaired) electrons. The summed E-state index contributed by atoms with van der Waals surface area (Å²) < 4.78 is 0. The van der Waals surface area contributed by atoms with Gasteiger partial charge in [0.2, 0.25) is 11.7 Å². The first-order valence-electron chi connectivity index (χ1n) is 8.65. The van der Waals surface area contributed by atoms with Crippen molar-refractivity contribution in [2.24, 2.45) is 11.8 Å². The van der Waals surface area contributed by atoms with Crippen molar-refractivity contribution in [3.05, 3.63) is 35.9 Å². The van der Waals surface area contributed by atoms with Gasteiger partial charge in [-0.25, -0.2) is 0 Å². The highest BCUT2D eigenvalue weighted by Crippen LogP contribution is 2.33. The Kier molecular flexibility index (Phi) is 4.69. The molecule has 2 aliphatic rings. The fraction of sp³-hybridized carbons (Fsp3) is 0.526. The number of carbonyl (C=O) groups excluding carboxylic acids is 3. The SMILES string of the molecule is CC(C)[C@@H]1CC(=O)N(Cc2ccccc2)[C@H]1C(=O)C(=O)NC1CC1. The van der Waals surface area contributed by atoms with E-state index in [9.17, 15) is 14.4 Å². The predicted molar refractivity (Wildman–Crippen MR) is 89.9 cm³/mol. The van der Waals surface area contributed by atoms with Crippen molar-refractivity contribution < 1.29 is 14.4 Å². The van der Waals surface area contributed by atoms with Gasteiger partial charge in [-0.2, -0.15) is 0 Å². The Morgan fingerprint density at radius 3 is 2.46 bits per heavy atom. The Hall–Kier alpha value is -2.17. The molecule has 5 nitrogen and oxygen atoms in total. The molecular weight excluding hydrogens is 304 g/mol. The summed E-state index contributed by atoms with van der Waals surface area (Å²) in [5.74, 6) is -1.01. The summed E-state index contributed by atoms with van der Waals surface area (Å²) in [6, 6.07) is 9.08. The fourth-order valence-corrected chi connectivity index (χ4v) is 3.34. The molecule has 1 aliphatic carbocycles. The van der Waals surface area contributed by atoms with Gasteiger partial charge >= 0.3 is 0 Å². The number of likely N-dealkylation sites (tertiary alicyclic amines) is 1. The van der Waals surface area contributed by atoms with Crippen molar-refractivity contribution in [2.75, 3.05) is 0 Å². The monoisotopic (exact) mass is 328 g/mol. The summed E-state index contributed by atoms with van der Waals surface area (Å²) in [5, 5.41) is 2.76. The Morgan fingerprint density at radius 1 is 1.21 bits per heavy atom. The van der Waals surface area contributed by atoms with Crippen LogP contribution in [-0.2, 0) is 20.9 Å². The molecule has 1 aliphatic heterocycles. The molecule has 2 atom stereocenters. The van der Waals surface area contributed by atoms with Gasteiger partial charge in [0, 0.05) is 19.0 Å². The van der Waals surface area contributed by atoms with Crippen LogP contribution in [0.4, 0.5) is 0 Å². The maximum atomic E-state index is 12.8. The molecule has 5 heteroatoms. The third kappa shape index (κ3) is 3.50. The van der Waals surface area contributed by atoms with E-state index in [1.54, 1.807) is 4.90 Å². The van der Waals surface area contributed by atoms with E-state index in [0.717, 1.165) is 18.4 Å². The normalized spacial score (nSPS) is 23.6. The number of ketones is 1. The summed E-state index contributed by atoms with van der Waals surface area (Å²) in [4.78, 5) is 39.1. The molecule has 0 aromatic heterocycles. The zero-order valence-electron chi connectivity index (χ0n) is 14.2. The van der Waals surface area contributed by atoms with Crippen LogP contribution in [0.2, 0.25) is 0 Å². The second-order valence-electron chi connectivity index (χ2n) is 7.18. The number of amides is 2. The lowest BCUT2D eigenvalue weighted by Crippen LogP contribution is -2.49. The van der Waals surface area contributed by atoms with Gasteiger partial charge in [0.25, 0.3) is 5.91 Å². The minimum Gasteiger partial charge on any atom is -0.347 e. The molecule has 2 amide bonds. The number of rotatable bonds is 6. The molecule has 0 spiro atoms. The predicted octanol–water partition coefficient (Wildman–Crippen LogP) is 1.91. The van der Waals surface area contributed by atoms with E-state index in [2.05, 4.69) is 5.32 Å². The van der Waals surface area contributed by atoms with Crippen LogP contribution in [0.15, 0.2) is 30.3 Å². The molecule has 1 aromatic rings. The quantitative estimate of drug-likeness (QED) is 0.811. The van der Waals surface area contributed by atoms with Crippen molar-refractivity contribution in [2.45, 2.75) is 51.7 Å². The van der Waals surface area contributed by atoms with Crippen molar-refractivity contribution >= 4 is 17.6 Å². The van der Waals surface area contributed by atoms with Crippen LogP contribution in [0.25, 0.3) is 0 Å². The smallest absolute Gasteiger partial charge is 0.289 e. The second-order valence-corrected chi connectivity index (χ2v) is 7.18. The first-order chi connectivity index (χ1) is 11.5. The third-order valence-corrected chi connectivity index (χ3v) is 4.93. The second kappa shape index (κ2) is 6.75. The van der Waals surface area contributed by atoms with Crippen LogP contribution in [0.5, 0.6) is 0 Å². The van der Waals surface area contributed by atoms with Crippen LogP contribution < -0.4 is 5.32 Å². The van der Waals surface area contributed by atoms with Crippen molar-refractivity contribution in [3.8, 4) is 0 Å². The van der Waals surface area contributed by atoms with E-state index in [-0.39, 0.29) is 23.8 Å². The van der Waals surface area contributed by atoms with E-state index in [1.807, 2.05) is 44.2 Å². The number of hydrogen-bond donors (Lipinski definition) is 1. The first kappa shape index (κ1) is 16.7. The van der Waals surface area contributed by atoms with Gasteiger partial charge in [-0.3, -0.25) is 14.4 Å². The molecular formula is C19H24N2O3.